The largest absolute Gasteiger partial charge is 0.368 e. The molecule has 1 aliphatic heterocycles. The first-order chi connectivity index (χ1) is 14.7. The van der Waals surface area contributed by atoms with Gasteiger partial charge in [0.05, 0.1) is 4.90 Å². The van der Waals surface area contributed by atoms with Gasteiger partial charge in [-0.1, -0.05) is 32.0 Å². The third-order valence-corrected chi connectivity index (χ3v) is 8.31. The number of nitrogens with zero attached hydrogens (tertiary/aromatic N) is 3. The minimum atomic E-state index is -3.60. The molecule has 168 valence electrons. The molecule has 1 heterocycles. The zero-order valence-electron chi connectivity index (χ0n) is 19.2. The molecule has 0 aromatic heterocycles. The molecule has 0 aliphatic carbocycles. The van der Waals surface area contributed by atoms with E-state index in [9.17, 15) is 13.2 Å². The van der Waals surface area contributed by atoms with Crippen LogP contribution in [0, 0.1) is 20.8 Å². The van der Waals surface area contributed by atoms with Gasteiger partial charge in [0.2, 0.25) is 10.0 Å². The second-order valence-corrected chi connectivity index (χ2v) is 10.0. The van der Waals surface area contributed by atoms with Crippen molar-refractivity contribution < 1.29 is 13.2 Å². The molecule has 7 heteroatoms. The minimum absolute atomic E-state index is 0.102. The molecule has 2 aromatic rings. The summed E-state index contributed by atoms with van der Waals surface area (Å²) in [6.45, 7) is 13.3. The van der Waals surface area contributed by atoms with Crippen molar-refractivity contribution in [2.24, 2.45) is 0 Å². The second-order valence-electron chi connectivity index (χ2n) is 8.06. The quantitative estimate of drug-likeness (QED) is 0.684. The van der Waals surface area contributed by atoms with Crippen molar-refractivity contribution in [3.63, 3.8) is 0 Å². The van der Waals surface area contributed by atoms with Crippen LogP contribution in [-0.4, -0.2) is 62.8 Å². The van der Waals surface area contributed by atoms with E-state index in [1.54, 1.807) is 18.2 Å². The van der Waals surface area contributed by atoms with Crippen molar-refractivity contribution in [2.45, 2.75) is 39.5 Å². The SMILES string of the molecule is CCN(CC)S(=O)(=O)c1ccc(C)c(C(=O)N2CCN(c3cccc(C)c3C)CC2)c1. The molecule has 0 radical (unpaired) electrons. The van der Waals surface area contributed by atoms with E-state index in [1.165, 1.54) is 21.1 Å². The Morgan fingerprint density at radius 2 is 1.58 bits per heavy atom. The van der Waals surface area contributed by atoms with Crippen LogP contribution in [0.5, 0.6) is 0 Å². The third-order valence-electron chi connectivity index (χ3n) is 6.27. The van der Waals surface area contributed by atoms with Gasteiger partial charge in [-0.3, -0.25) is 4.79 Å². The number of carbonyl (C=O) groups excluding carboxylic acids is 1. The molecule has 31 heavy (non-hydrogen) atoms. The molecule has 0 bridgehead atoms. The predicted octanol–water partition coefficient (Wildman–Crippen LogP) is 3.60. The van der Waals surface area contributed by atoms with Crippen molar-refractivity contribution in [1.29, 1.82) is 0 Å². The summed E-state index contributed by atoms with van der Waals surface area (Å²) in [6.07, 6.45) is 0. The number of hydrogen-bond donors (Lipinski definition) is 0. The van der Waals surface area contributed by atoms with Crippen molar-refractivity contribution in [3.05, 3.63) is 58.7 Å². The van der Waals surface area contributed by atoms with E-state index in [0.29, 0.717) is 31.7 Å². The Morgan fingerprint density at radius 3 is 2.19 bits per heavy atom. The zero-order valence-corrected chi connectivity index (χ0v) is 20.0. The third kappa shape index (κ3) is 4.62. The average Bonchev–Trinajstić information content (AvgIpc) is 2.76. The Morgan fingerprint density at radius 1 is 0.935 bits per heavy atom. The van der Waals surface area contributed by atoms with E-state index >= 15 is 0 Å². The van der Waals surface area contributed by atoms with Gasteiger partial charge in [-0.2, -0.15) is 4.31 Å². The normalized spacial score (nSPS) is 14.9. The standard InChI is InChI=1S/C24H33N3O3S/c1-6-27(7-2)31(29,30)21-12-11-19(4)22(17-21)24(28)26-15-13-25(14-16-26)23-10-8-9-18(3)20(23)5/h8-12,17H,6-7,13-16H2,1-5H3. The topological polar surface area (TPSA) is 60.9 Å². The highest BCUT2D eigenvalue weighted by atomic mass is 32.2. The van der Waals surface area contributed by atoms with Gasteiger partial charge in [0.1, 0.15) is 0 Å². The smallest absolute Gasteiger partial charge is 0.254 e. The Labute approximate surface area is 186 Å². The lowest BCUT2D eigenvalue weighted by molar-refractivity contribution is 0.0745. The fourth-order valence-corrected chi connectivity index (χ4v) is 5.59. The highest BCUT2D eigenvalue weighted by molar-refractivity contribution is 7.89. The van der Waals surface area contributed by atoms with Crippen LogP contribution in [0.2, 0.25) is 0 Å². The molecule has 1 saturated heterocycles. The predicted molar refractivity (Wildman–Crippen MR) is 125 cm³/mol. The van der Waals surface area contributed by atoms with Crippen LogP contribution < -0.4 is 4.90 Å². The van der Waals surface area contributed by atoms with E-state index in [0.717, 1.165) is 18.7 Å². The number of rotatable bonds is 6. The lowest BCUT2D eigenvalue weighted by Gasteiger charge is -2.37. The Bertz CT molecular complexity index is 1050. The number of anilines is 1. The van der Waals surface area contributed by atoms with Crippen molar-refractivity contribution in [2.75, 3.05) is 44.2 Å². The van der Waals surface area contributed by atoms with Crippen molar-refractivity contribution in [1.82, 2.24) is 9.21 Å². The van der Waals surface area contributed by atoms with E-state index < -0.39 is 10.0 Å². The lowest BCUT2D eigenvalue weighted by atomic mass is 10.1. The number of hydrogen-bond acceptors (Lipinski definition) is 4. The van der Waals surface area contributed by atoms with Gasteiger partial charge in [-0.15, -0.1) is 0 Å². The van der Waals surface area contributed by atoms with Crippen LogP contribution in [0.15, 0.2) is 41.3 Å². The first-order valence-electron chi connectivity index (χ1n) is 10.9. The Kier molecular flexibility index (Phi) is 7.06. The molecule has 1 amide bonds. The van der Waals surface area contributed by atoms with Crippen molar-refractivity contribution >= 4 is 21.6 Å². The van der Waals surface area contributed by atoms with E-state index in [-0.39, 0.29) is 10.8 Å². The maximum atomic E-state index is 13.3. The molecule has 1 fully saturated rings. The maximum absolute atomic E-state index is 13.3. The molecule has 0 N–H and O–H groups in total. The fourth-order valence-electron chi connectivity index (χ4n) is 4.10. The fraction of sp³-hybridized carbons (Fsp3) is 0.458. The lowest BCUT2D eigenvalue weighted by Crippen LogP contribution is -2.49. The van der Waals surface area contributed by atoms with Gasteiger partial charge in [0.15, 0.2) is 0 Å². The Balaban J connectivity index is 1.79. The molecule has 0 atom stereocenters. The number of sulfonamides is 1. The first-order valence-corrected chi connectivity index (χ1v) is 12.4. The second kappa shape index (κ2) is 9.40. The van der Waals surface area contributed by atoms with Gasteiger partial charge in [-0.25, -0.2) is 8.42 Å². The molecule has 3 rings (SSSR count). The van der Waals surface area contributed by atoms with Gasteiger partial charge in [0, 0.05) is 50.5 Å². The summed E-state index contributed by atoms with van der Waals surface area (Å²) >= 11 is 0. The average molecular weight is 444 g/mol. The number of aryl methyl sites for hydroxylation is 2. The molecule has 0 saturated carbocycles. The van der Waals surface area contributed by atoms with Crippen molar-refractivity contribution in [3.8, 4) is 0 Å². The van der Waals surface area contributed by atoms with E-state index in [2.05, 4.69) is 36.9 Å². The highest BCUT2D eigenvalue weighted by Crippen LogP contribution is 2.25. The van der Waals surface area contributed by atoms with Gasteiger partial charge < -0.3 is 9.80 Å². The van der Waals surface area contributed by atoms with Crippen LogP contribution in [-0.2, 0) is 10.0 Å². The Hall–Kier alpha value is -2.38. The summed E-state index contributed by atoms with van der Waals surface area (Å²) in [5.74, 6) is -0.102. The van der Waals surface area contributed by atoms with E-state index in [4.69, 9.17) is 0 Å². The maximum Gasteiger partial charge on any atom is 0.254 e. The zero-order chi connectivity index (χ0) is 22.8. The monoisotopic (exact) mass is 443 g/mol. The van der Waals surface area contributed by atoms with Crippen LogP contribution in [0.3, 0.4) is 0 Å². The molecule has 2 aromatic carbocycles. The van der Waals surface area contributed by atoms with Gasteiger partial charge >= 0.3 is 0 Å². The summed E-state index contributed by atoms with van der Waals surface area (Å²) in [5, 5.41) is 0. The summed E-state index contributed by atoms with van der Waals surface area (Å²) in [5.41, 5.74) is 5.01. The number of piperazine rings is 1. The molecular weight excluding hydrogens is 410 g/mol. The summed E-state index contributed by atoms with van der Waals surface area (Å²) in [6, 6.07) is 11.2. The van der Waals surface area contributed by atoms with Gasteiger partial charge in [0.25, 0.3) is 5.91 Å². The van der Waals surface area contributed by atoms with Crippen LogP contribution in [0.25, 0.3) is 0 Å². The molecule has 0 spiro atoms. The molecular formula is C24H33N3O3S. The highest BCUT2D eigenvalue weighted by Gasteiger charge is 2.27. The number of carbonyl (C=O) groups is 1. The molecule has 0 unspecified atom stereocenters. The number of benzene rings is 2. The van der Waals surface area contributed by atoms with E-state index in [1.807, 2.05) is 25.7 Å². The summed E-state index contributed by atoms with van der Waals surface area (Å²) < 4.78 is 27.2. The number of amides is 1. The van der Waals surface area contributed by atoms with Gasteiger partial charge in [-0.05, 0) is 55.7 Å². The van der Waals surface area contributed by atoms with Crippen LogP contribution >= 0.6 is 0 Å². The summed E-state index contributed by atoms with van der Waals surface area (Å²) in [7, 11) is -3.60. The van der Waals surface area contributed by atoms with Crippen LogP contribution in [0.1, 0.15) is 40.9 Å². The van der Waals surface area contributed by atoms with Crippen LogP contribution in [0.4, 0.5) is 5.69 Å². The molecule has 1 aliphatic rings. The minimum Gasteiger partial charge on any atom is -0.368 e. The first kappa shape index (κ1) is 23.3. The molecule has 6 nitrogen and oxygen atoms in total. The summed E-state index contributed by atoms with van der Waals surface area (Å²) in [4.78, 5) is 17.6.